The van der Waals surface area contributed by atoms with Crippen LogP contribution in [0.25, 0.3) is 0 Å². The van der Waals surface area contributed by atoms with E-state index in [-0.39, 0.29) is 33.5 Å². The van der Waals surface area contributed by atoms with Gasteiger partial charge in [-0.1, -0.05) is 90.4 Å². The average Bonchev–Trinajstić information content (AvgIpc) is 3.65. The molecule has 2 N–H and O–H groups in total. The molecule has 7 aliphatic rings. The first-order valence-electron chi connectivity index (χ1n) is 16.6. The minimum absolute atomic E-state index is 0.0417. The Morgan fingerprint density at radius 1 is 1.00 bits per heavy atom. The number of ether oxygens (including phenoxy) is 2. The van der Waals surface area contributed by atoms with Gasteiger partial charge in [0.25, 0.3) is 0 Å². The van der Waals surface area contributed by atoms with Crippen molar-refractivity contribution in [3.63, 3.8) is 0 Å². The van der Waals surface area contributed by atoms with Crippen LogP contribution in [-0.2, 0) is 20.9 Å². The summed E-state index contributed by atoms with van der Waals surface area (Å²) in [6.07, 6.45) is 6.77. The van der Waals surface area contributed by atoms with Crippen LogP contribution in [0.2, 0.25) is 0 Å². The van der Waals surface area contributed by atoms with Crippen LogP contribution in [0.15, 0.2) is 42.0 Å². The van der Waals surface area contributed by atoms with E-state index in [1.807, 2.05) is 30.3 Å². The first-order valence-corrected chi connectivity index (χ1v) is 16.6. The van der Waals surface area contributed by atoms with Crippen molar-refractivity contribution in [3.8, 4) is 0 Å². The van der Waals surface area contributed by atoms with Crippen LogP contribution in [0, 0.1) is 56.7 Å². The van der Waals surface area contributed by atoms with Gasteiger partial charge in [0, 0.05) is 10.8 Å². The summed E-state index contributed by atoms with van der Waals surface area (Å²) < 4.78 is 12.8. The number of aliphatic hydroxyl groups excluding tert-OH is 2. The number of carbonyl (C=O) groups excluding carboxylic acids is 1. The third kappa shape index (κ3) is 3.24. The number of carbonyl (C=O) groups is 1. The van der Waals surface area contributed by atoms with E-state index in [4.69, 9.17) is 9.47 Å². The van der Waals surface area contributed by atoms with Gasteiger partial charge >= 0.3 is 5.97 Å². The molecule has 0 radical (unpaired) electrons. The van der Waals surface area contributed by atoms with Gasteiger partial charge in [0.05, 0.1) is 18.6 Å². The Kier molecular flexibility index (Phi) is 6.19. The molecule has 5 nitrogen and oxygen atoms in total. The molecule has 2 aliphatic heterocycles. The fourth-order valence-electron chi connectivity index (χ4n) is 12.0. The number of hydrogen-bond acceptors (Lipinski definition) is 5. The highest BCUT2D eigenvalue weighted by Gasteiger charge is 2.88. The first kappa shape index (κ1) is 29.0. The molecule has 5 heteroatoms. The van der Waals surface area contributed by atoms with E-state index in [2.05, 4.69) is 54.5 Å². The second-order valence-electron chi connectivity index (χ2n) is 16.7. The summed E-state index contributed by atoms with van der Waals surface area (Å²) in [6.45, 7) is 17.2. The monoisotopic (exact) mass is 576 g/mol. The third-order valence-corrected chi connectivity index (χ3v) is 15.1. The van der Waals surface area contributed by atoms with Gasteiger partial charge < -0.3 is 19.7 Å². The van der Waals surface area contributed by atoms with Crippen molar-refractivity contribution < 1.29 is 24.5 Å². The number of fused-ring (bicyclic) bond motifs is 5. The molecule has 2 saturated heterocycles. The molecule has 2 heterocycles. The van der Waals surface area contributed by atoms with Crippen LogP contribution in [-0.4, -0.2) is 40.6 Å². The maximum Gasteiger partial charge on any atom is 0.310 e. The summed E-state index contributed by atoms with van der Waals surface area (Å²) in [5, 5.41) is 22.6. The zero-order chi connectivity index (χ0) is 30.1. The smallest absolute Gasteiger partial charge is 0.310 e. The van der Waals surface area contributed by atoms with E-state index in [1.54, 1.807) is 0 Å². The van der Waals surface area contributed by atoms with Crippen molar-refractivity contribution in [1.29, 1.82) is 0 Å². The molecule has 0 amide bonds. The van der Waals surface area contributed by atoms with Gasteiger partial charge in [0.1, 0.15) is 18.3 Å². The van der Waals surface area contributed by atoms with Gasteiger partial charge in [-0.2, -0.15) is 0 Å². The summed E-state index contributed by atoms with van der Waals surface area (Å²) in [5.74, 6) is 1.25. The van der Waals surface area contributed by atoms with Crippen LogP contribution in [0.3, 0.4) is 0 Å². The molecule has 0 aromatic heterocycles. The lowest BCUT2D eigenvalue weighted by Gasteiger charge is -2.69. The number of aliphatic hydroxyl groups is 2. The molecule has 1 aromatic carbocycles. The van der Waals surface area contributed by atoms with Gasteiger partial charge in [0.2, 0.25) is 0 Å². The second kappa shape index (κ2) is 8.95. The minimum Gasteiger partial charge on any atom is -0.461 e. The molecular weight excluding hydrogens is 524 g/mol. The zero-order valence-electron chi connectivity index (χ0n) is 26.8. The number of benzene rings is 1. The molecule has 230 valence electrons. The van der Waals surface area contributed by atoms with Crippen molar-refractivity contribution in [3.05, 3.63) is 47.5 Å². The zero-order valence-corrected chi connectivity index (χ0v) is 26.8. The van der Waals surface area contributed by atoms with E-state index in [0.717, 1.165) is 44.1 Å². The van der Waals surface area contributed by atoms with E-state index in [1.165, 1.54) is 5.57 Å². The van der Waals surface area contributed by atoms with Crippen molar-refractivity contribution in [2.24, 2.45) is 56.7 Å². The van der Waals surface area contributed by atoms with Gasteiger partial charge in [-0.3, -0.25) is 4.79 Å². The maximum absolute atomic E-state index is 14.5. The van der Waals surface area contributed by atoms with E-state index >= 15 is 0 Å². The quantitative estimate of drug-likeness (QED) is 0.301. The highest BCUT2D eigenvalue weighted by atomic mass is 16.5. The molecule has 2 bridgehead atoms. The van der Waals surface area contributed by atoms with Gasteiger partial charge in [-0.05, 0) is 84.0 Å². The van der Waals surface area contributed by atoms with Crippen molar-refractivity contribution in [2.75, 3.05) is 6.61 Å². The van der Waals surface area contributed by atoms with Crippen LogP contribution in [0.4, 0.5) is 0 Å². The predicted molar refractivity (Wildman–Crippen MR) is 162 cm³/mol. The molecule has 2 spiro atoms. The third-order valence-electron chi connectivity index (χ3n) is 15.1. The standard InChI is InChI=1S/C37H52O5/c1-22(2)23(3)32(4)17-18-34(6)25-13-14-27-33(5)21-42-37(30(39)29(33)38)20-36(27,37)26(25)15-16-35(34,7)28(32)31(40)41-19-24-11-9-8-10-12-24/h8-12,15,22-23,25,27-30,38-39H,13-14,16-21H2,1-7H3/t23-,25+,27?,28-,29?,30+,32-,33-,34?,35+,36?,37?/m1/s1. The number of hydrogen-bond donors (Lipinski definition) is 2. The van der Waals surface area contributed by atoms with Gasteiger partial charge in [-0.25, -0.2) is 0 Å². The van der Waals surface area contributed by atoms with E-state index < -0.39 is 23.2 Å². The topological polar surface area (TPSA) is 76.0 Å². The summed E-state index contributed by atoms with van der Waals surface area (Å²) in [5.41, 5.74) is 0.755. The number of esters is 1. The average molecular weight is 577 g/mol. The normalized spacial score (nSPS) is 51.0. The fourth-order valence-corrected chi connectivity index (χ4v) is 12.0. The lowest BCUT2D eigenvalue weighted by molar-refractivity contribution is -0.287. The summed E-state index contributed by atoms with van der Waals surface area (Å²) in [4.78, 5) is 14.5. The van der Waals surface area contributed by atoms with Crippen molar-refractivity contribution in [1.82, 2.24) is 0 Å². The lowest BCUT2D eigenvalue weighted by atomic mass is 9.35. The van der Waals surface area contributed by atoms with Crippen LogP contribution < -0.4 is 0 Å². The van der Waals surface area contributed by atoms with Crippen LogP contribution in [0.1, 0.15) is 92.6 Å². The first-order chi connectivity index (χ1) is 19.7. The Bertz CT molecular complexity index is 1310. The number of rotatable bonds is 5. The van der Waals surface area contributed by atoms with E-state index in [9.17, 15) is 15.0 Å². The fraction of sp³-hybridized carbons (Fsp3) is 0.757. The van der Waals surface area contributed by atoms with Gasteiger partial charge in [0.15, 0.2) is 0 Å². The molecule has 4 saturated carbocycles. The second-order valence-corrected chi connectivity index (χ2v) is 16.7. The summed E-state index contributed by atoms with van der Waals surface area (Å²) >= 11 is 0. The SMILES string of the molecule is CC(C)[C@@H](C)[C@@]1(C)CCC2(C)[C@H]3CCC4C5(CC56OC[C@@]4(C)C(O)[C@@H]6O)C3=CC[C@@]2(C)[C@@H]1C(=O)OCc1ccccc1. The summed E-state index contributed by atoms with van der Waals surface area (Å²) in [6, 6.07) is 10.0. The predicted octanol–water partition coefficient (Wildman–Crippen LogP) is 6.71. The maximum atomic E-state index is 14.5. The molecule has 1 aromatic rings. The largest absolute Gasteiger partial charge is 0.461 e. The Morgan fingerprint density at radius 2 is 1.71 bits per heavy atom. The lowest BCUT2D eigenvalue weighted by Crippen LogP contribution is -2.71. The van der Waals surface area contributed by atoms with Crippen LogP contribution in [0.5, 0.6) is 0 Å². The number of allylic oxidation sites excluding steroid dienone is 1. The molecule has 42 heavy (non-hydrogen) atoms. The van der Waals surface area contributed by atoms with E-state index in [0.29, 0.717) is 36.9 Å². The Balaban J connectivity index is 1.29. The molecular formula is C37H52O5. The highest BCUT2D eigenvalue weighted by molar-refractivity contribution is 5.75. The van der Waals surface area contributed by atoms with Crippen molar-refractivity contribution >= 4 is 5.97 Å². The minimum atomic E-state index is -0.837. The molecule has 6 fully saturated rings. The Hall–Kier alpha value is -1.69. The van der Waals surface area contributed by atoms with Gasteiger partial charge in [-0.15, -0.1) is 0 Å². The Morgan fingerprint density at radius 3 is 2.40 bits per heavy atom. The molecule has 5 aliphatic carbocycles. The van der Waals surface area contributed by atoms with Crippen molar-refractivity contribution in [2.45, 2.75) is 111 Å². The summed E-state index contributed by atoms with van der Waals surface area (Å²) in [7, 11) is 0. The molecule has 12 atom stereocenters. The van der Waals surface area contributed by atoms with Crippen LogP contribution >= 0.6 is 0 Å². The molecule has 8 rings (SSSR count). The molecule has 5 unspecified atom stereocenters. The Labute approximate surface area is 252 Å². The highest BCUT2D eigenvalue weighted by Crippen LogP contribution is 2.84.